The largest absolute Gasteiger partial charge is 0.378 e. The highest BCUT2D eigenvalue weighted by Gasteiger charge is 2.53. The SMILES string of the molecule is CCCN(C(=O)C1CCC(N)C1)C1CC(OCC)C1(C)C. The van der Waals surface area contributed by atoms with Crippen LogP contribution in [0.4, 0.5) is 0 Å². The summed E-state index contributed by atoms with van der Waals surface area (Å²) in [4.78, 5) is 15.0. The maximum atomic E-state index is 12.9. The van der Waals surface area contributed by atoms with Crippen molar-refractivity contribution < 1.29 is 9.53 Å². The van der Waals surface area contributed by atoms with Crippen LogP contribution in [0.2, 0.25) is 0 Å². The molecule has 2 aliphatic carbocycles. The van der Waals surface area contributed by atoms with E-state index in [0.29, 0.717) is 11.9 Å². The van der Waals surface area contributed by atoms with Gasteiger partial charge >= 0.3 is 0 Å². The van der Waals surface area contributed by atoms with Crippen molar-refractivity contribution in [3.63, 3.8) is 0 Å². The normalized spacial score (nSPS) is 34.5. The summed E-state index contributed by atoms with van der Waals surface area (Å²) in [7, 11) is 0. The van der Waals surface area contributed by atoms with Crippen molar-refractivity contribution in [3.8, 4) is 0 Å². The summed E-state index contributed by atoms with van der Waals surface area (Å²) < 4.78 is 5.82. The molecule has 0 aromatic heterocycles. The van der Waals surface area contributed by atoms with Crippen molar-refractivity contribution in [1.82, 2.24) is 4.90 Å². The number of nitrogens with two attached hydrogens (primary N) is 1. The highest BCUT2D eigenvalue weighted by molar-refractivity contribution is 5.79. The van der Waals surface area contributed by atoms with Crippen molar-refractivity contribution in [2.75, 3.05) is 13.2 Å². The molecule has 2 fully saturated rings. The van der Waals surface area contributed by atoms with Crippen molar-refractivity contribution in [3.05, 3.63) is 0 Å². The van der Waals surface area contributed by atoms with Gasteiger partial charge in [-0.15, -0.1) is 0 Å². The average Bonchev–Trinajstić information content (AvgIpc) is 2.87. The van der Waals surface area contributed by atoms with Gasteiger partial charge in [-0.1, -0.05) is 20.8 Å². The fraction of sp³-hybridized carbons (Fsp3) is 0.941. The minimum atomic E-state index is 0.0571. The molecule has 1 amide bonds. The van der Waals surface area contributed by atoms with E-state index in [1.807, 2.05) is 6.92 Å². The van der Waals surface area contributed by atoms with Crippen LogP contribution in [-0.4, -0.2) is 42.1 Å². The van der Waals surface area contributed by atoms with Crippen LogP contribution in [-0.2, 0) is 9.53 Å². The molecule has 21 heavy (non-hydrogen) atoms. The van der Waals surface area contributed by atoms with E-state index >= 15 is 0 Å². The van der Waals surface area contributed by atoms with Gasteiger partial charge in [0.2, 0.25) is 5.91 Å². The fourth-order valence-electron chi connectivity index (χ4n) is 4.01. The number of ether oxygens (including phenoxy) is 1. The molecular weight excluding hydrogens is 264 g/mol. The predicted molar refractivity (Wildman–Crippen MR) is 84.9 cm³/mol. The first-order chi connectivity index (χ1) is 9.91. The van der Waals surface area contributed by atoms with E-state index < -0.39 is 0 Å². The second kappa shape index (κ2) is 6.66. The zero-order valence-corrected chi connectivity index (χ0v) is 14.1. The Hall–Kier alpha value is -0.610. The minimum Gasteiger partial charge on any atom is -0.378 e. The molecule has 0 aromatic carbocycles. The molecule has 2 saturated carbocycles. The Morgan fingerprint density at radius 1 is 1.29 bits per heavy atom. The lowest BCUT2D eigenvalue weighted by atomic mass is 9.63. The van der Waals surface area contributed by atoms with Gasteiger partial charge in [-0.2, -0.15) is 0 Å². The molecule has 0 heterocycles. The highest BCUT2D eigenvalue weighted by atomic mass is 16.5. The molecule has 0 radical (unpaired) electrons. The molecule has 2 N–H and O–H groups in total. The van der Waals surface area contributed by atoms with Gasteiger partial charge in [-0.3, -0.25) is 4.79 Å². The van der Waals surface area contributed by atoms with Crippen molar-refractivity contribution >= 4 is 5.91 Å². The predicted octanol–water partition coefficient (Wildman–Crippen LogP) is 2.56. The molecule has 0 spiro atoms. The summed E-state index contributed by atoms with van der Waals surface area (Å²) >= 11 is 0. The van der Waals surface area contributed by atoms with E-state index in [4.69, 9.17) is 10.5 Å². The first-order valence-corrected chi connectivity index (χ1v) is 8.59. The molecule has 4 unspecified atom stereocenters. The molecule has 0 bridgehead atoms. The van der Waals surface area contributed by atoms with Crippen LogP contribution in [0.3, 0.4) is 0 Å². The summed E-state index contributed by atoms with van der Waals surface area (Å²) in [5.74, 6) is 0.478. The molecular formula is C17H32N2O2. The number of nitrogens with zero attached hydrogens (tertiary/aromatic N) is 1. The zero-order valence-electron chi connectivity index (χ0n) is 14.1. The Labute approximate surface area is 129 Å². The van der Waals surface area contributed by atoms with Crippen LogP contribution < -0.4 is 5.73 Å². The second-order valence-electron chi connectivity index (χ2n) is 7.32. The Morgan fingerprint density at radius 3 is 2.48 bits per heavy atom. The van der Waals surface area contributed by atoms with Crippen LogP contribution in [0.25, 0.3) is 0 Å². The zero-order chi connectivity index (χ0) is 15.6. The Morgan fingerprint density at radius 2 is 2.00 bits per heavy atom. The van der Waals surface area contributed by atoms with Gasteiger partial charge in [-0.25, -0.2) is 0 Å². The van der Waals surface area contributed by atoms with E-state index in [1.165, 1.54) is 0 Å². The summed E-state index contributed by atoms with van der Waals surface area (Å²) in [5, 5.41) is 0. The first-order valence-electron chi connectivity index (χ1n) is 8.59. The lowest BCUT2D eigenvalue weighted by Gasteiger charge is -2.56. The van der Waals surface area contributed by atoms with E-state index in [9.17, 15) is 4.79 Å². The van der Waals surface area contributed by atoms with Crippen LogP contribution in [0.5, 0.6) is 0 Å². The molecule has 2 rings (SSSR count). The molecule has 0 saturated heterocycles. The van der Waals surface area contributed by atoms with Gasteiger partial charge in [0.15, 0.2) is 0 Å². The second-order valence-corrected chi connectivity index (χ2v) is 7.32. The van der Waals surface area contributed by atoms with E-state index in [-0.39, 0.29) is 23.5 Å². The van der Waals surface area contributed by atoms with Crippen molar-refractivity contribution in [1.29, 1.82) is 0 Å². The van der Waals surface area contributed by atoms with Crippen LogP contribution in [0.1, 0.15) is 59.8 Å². The highest BCUT2D eigenvalue weighted by Crippen LogP contribution is 2.46. The standard InChI is InChI=1S/C17H32N2O2/c1-5-9-19(16(20)12-7-8-13(18)10-12)14-11-15(21-6-2)17(14,3)4/h12-15H,5-11,18H2,1-4H3. The number of rotatable bonds is 6. The minimum absolute atomic E-state index is 0.0571. The number of amides is 1. The van der Waals surface area contributed by atoms with E-state index in [0.717, 1.165) is 45.3 Å². The maximum Gasteiger partial charge on any atom is 0.226 e. The monoisotopic (exact) mass is 296 g/mol. The molecule has 2 aliphatic rings. The molecule has 4 nitrogen and oxygen atoms in total. The number of hydrogen-bond donors (Lipinski definition) is 1. The third-order valence-corrected chi connectivity index (χ3v) is 5.44. The van der Waals surface area contributed by atoms with E-state index in [2.05, 4.69) is 25.7 Å². The smallest absolute Gasteiger partial charge is 0.226 e. The van der Waals surface area contributed by atoms with E-state index in [1.54, 1.807) is 0 Å². The molecule has 0 aliphatic heterocycles. The van der Waals surface area contributed by atoms with Gasteiger partial charge < -0.3 is 15.4 Å². The van der Waals surface area contributed by atoms with Crippen molar-refractivity contribution in [2.45, 2.75) is 78.0 Å². The van der Waals surface area contributed by atoms with Gasteiger partial charge in [-0.05, 0) is 39.0 Å². The van der Waals surface area contributed by atoms with Gasteiger partial charge in [0, 0.05) is 36.6 Å². The Balaban J connectivity index is 2.04. The summed E-state index contributed by atoms with van der Waals surface area (Å²) in [6.45, 7) is 10.3. The van der Waals surface area contributed by atoms with Gasteiger partial charge in [0.05, 0.1) is 6.10 Å². The van der Waals surface area contributed by atoms with Gasteiger partial charge in [0.25, 0.3) is 0 Å². The third-order valence-electron chi connectivity index (χ3n) is 5.44. The van der Waals surface area contributed by atoms with Crippen LogP contribution in [0, 0.1) is 11.3 Å². The Bertz CT molecular complexity index is 370. The third kappa shape index (κ3) is 3.26. The average molecular weight is 296 g/mol. The lowest BCUT2D eigenvalue weighted by Crippen LogP contribution is -2.64. The van der Waals surface area contributed by atoms with Crippen LogP contribution >= 0.6 is 0 Å². The molecule has 4 atom stereocenters. The molecule has 122 valence electrons. The summed E-state index contributed by atoms with van der Waals surface area (Å²) in [5.41, 5.74) is 6.04. The topological polar surface area (TPSA) is 55.6 Å². The number of carbonyl (C=O) groups is 1. The summed E-state index contributed by atoms with van der Waals surface area (Å²) in [6, 6.07) is 0.534. The van der Waals surface area contributed by atoms with Gasteiger partial charge in [0.1, 0.15) is 0 Å². The maximum absolute atomic E-state index is 12.9. The summed E-state index contributed by atoms with van der Waals surface area (Å²) in [6.07, 6.45) is 5.09. The molecule has 0 aromatic rings. The Kier molecular flexibility index (Phi) is 5.31. The lowest BCUT2D eigenvalue weighted by molar-refractivity contribution is -0.170. The first kappa shape index (κ1) is 16.8. The molecule has 4 heteroatoms. The number of carbonyl (C=O) groups excluding carboxylic acids is 1. The van der Waals surface area contributed by atoms with Crippen molar-refractivity contribution in [2.24, 2.45) is 17.1 Å². The fourth-order valence-corrected chi connectivity index (χ4v) is 4.01. The number of hydrogen-bond acceptors (Lipinski definition) is 3. The quantitative estimate of drug-likeness (QED) is 0.819. The van der Waals surface area contributed by atoms with Crippen LogP contribution in [0.15, 0.2) is 0 Å².